The number of hydrogen-bond acceptors (Lipinski definition) is 7. The summed E-state index contributed by atoms with van der Waals surface area (Å²) in [5.41, 5.74) is 1.21. The average Bonchev–Trinajstić information content (AvgIpc) is 2.78. The maximum atomic E-state index is 12.2. The molecule has 3 N–H and O–H groups in total. The Bertz CT molecular complexity index is 821. The van der Waals surface area contributed by atoms with E-state index in [1.54, 1.807) is 31.2 Å². The first-order chi connectivity index (χ1) is 14.2. The van der Waals surface area contributed by atoms with Crippen LogP contribution in [-0.4, -0.2) is 61.2 Å². The second-order valence-electron chi connectivity index (χ2n) is 6.52. The van der Waals surface area contributed by atoms with Gasteiger partial charge in [-0.15, -0.1) is 0 Å². The van der Waals surface area contributed by atoms with Crippen LogP contribution in [0, 0.1) is 0 Å². The van der Waals surface area contributed by atoms with Crippen molar-refractivity contribution < 1.29 is 14.3 Å². The number of anilines is 3. The summed E-state index contributed by atoms with van der Waals surface area (Å²) in [7, 11) is 0. The Kier molecular flexibility index (Phi) is 7.34. The Morgan fingerprint density at radius 1 is 1.10 bits per heavy atom. The van der Waals surface area contributed by atoms with Crippen LogP contribution in [0.4, 0.5) is 17.3 Å². The number of morpholine rings is 1. The highest BCUT2D eigenvalue weighted by Gasteiger charge is 2.13. The minimum absolute atomic E-state index is 0.0604. The summed E-state index contributed by atoms with van der Waals surface area (Å²) in [5, 5.41) is 8.81. The Morgan fingerprint density at radius 2 is 1.86 bits per heavy atom. The summed E-state index contributed by atoms with van der Waals surface area (Å²) in [4.78, 5) is 34.3. The van der Waals surface area contributed by atoms with Crippen LogP contribution >= 0.6 is 0 Å². The molecule has 9 nitrogen and oxygen atoms in total. The second kappa shape index (κ2) is 10.4. The number of carbonyl (C=O) groups excluding carboxylic acids is 2. The quantitative estimate of drug-likeness (QED) is 0.578. The van der Waals surface area contributed by atoms with Crippen LogP contribution in [0.1, 0.15) is 23.7 Å². The summed E-state index contributed by atoms with van der Waals surface area (Å²) in [6, 6.07) is 8.71. The van der Waals surface area contributed by atoms with Crippen molar-refractivity contribution in [3.63, 3.8) is 0 Å². The molecule has 0 aliphatic carbocycles. The third-order valence-corrected chi connectivity index (χ3v) is 4.46. The van der Waals surface area contributed by atoms with Gasteiger partial charge >= 0.3 is 0 Å². The molecule has 154 valence electrons. The molecule has 9 heteroatoms. The summed E-state index contributed by atoms with van der Waals surface area (Å²) in [6.07, 6.45) is 1.94. The van der Waals surface area contributed by atoms with Crippen LogP contribution in [0.25, 0.3) is 0 Å². The zero-order valence-electron chi connectivity index (χ0n) is 16.5. The fraction of sp³-hybridized carbons (Fsp3) is 0.400. The summed E-state index contributed by atoms with van der Waals surface area (Å²) in [5.74, 6) is 1.35. The predicted molar refractivity (Wildman–Crippen MR) is 111 cm³/mol. The molecule has 0 saturated carbocycles. The van der Waals surface area contributed by atoms with E-state index in [2.05, 4.69) is 30.8 Å². The molecular formula is C20H26N6O3. The number of ether oxygens (including phenoxy) is 1. The van der Waals surface area contributed by atoms with E-state index in [9.17, 15) is 9.59 Å². The van der Waals surface area contributed by atoms with Gasteiger partial charge in [0, 0.05) is 49.9 Å². The number of benzene rings is 1. The Balaban J connectivity index is 1.43. The maximum Gasteiger partial charge on any atom is 0.251 e. The van der Waals surface area contributed by atoms with Gasteiger partial charge in [-0.1, -0.05) is 6.92 Å². The zero-order chi connectivity index (χ0) is 20.5. The number of nitrogens with zero attached hydrogens (tertiary/aromatic N) is 3. The van der Waals surface area contributed by atoms with Crippen LogP contribution in [0.2, 0.25) is 0 Å². The molecular weight excluding hydrogens is 372 g/mol. The fourth-order valence-corrected chi connectivity index (χ4v) is 2.83. The van der Waals surface area contributed by atoms with Gasteiger partial charge in [0.25, 0.3) is 5.91 Å². The molecule has 0 atom stereocenters. The number of amides is 2. The van der Waals surface area contributed by atoms with Crippen molar-refractivity contribution >= 4 is 29.1 Å². The van der Waals surface area contributed by atoms with Crippen molar-refractivity contribution in [3.8, 4) is 0 Å². The van der Waals surface area contributed by atoms with Gasteiger partial charge in [-0.05, 0) is 24.3 Å². The predicted octanol–water partition coefficient (Wildman–Crippen LogP) is 1.50. The monoisotopic (exact) mass is 398 g/mol. The number of aromatic nitrogens is 2. The van der Waals surface area contributed by atoms with Gasteiger partial charge in [-0.3, -0.25) is 9.59 Å². The molecule has 2 aromatic rings. The zero-order valence-corrected chi connectivity index (χ0v) is 16.5. The fourth-order valence-electron chi connectivity index (χ4n) is 2.83. The molecule has 0 radical (unpaired) electrons. The van der Waals surface area contributed by atoms with Crippen LogP contribution in [0.5, 0.6) is 0 Å². The minimum atomic E-state index is -0.170. The molecule has 1 aliphatic rings. The number of hydrogen-bond donors (Lipinski definition) is 3. The molecule has 1 fully saturated rings. The minimum Gasteiger partial charge on any atom is -0.378 e. The number of carbonyl (C=O) groups is 2. The average molecular weight is 398 g/mol. The third kappa shape index (κ3) is 6.15. The Morgan fingerprint density at radius 3 is 2.59 bits per heavy atom. The van der Waals surface area contributed by atoms with E-state index in [0.29, 0.717) is 49.8 Å². The first-order valence-corrected chi connectivity index (χ1v) is 9.72. The van der Waals surface area contributed by atoms with E-state index >= 15 is 0 Å². The van der Waals surface area contributed by atoms with Gasteiger partial charge in [0.15, 0.2) is 0 Å². The molecule has 1 aromatic heterocycles. The highest BCUT2D eigenvalue weighted by molar-refractivity contribution is 5.95. The molecule has 1 saturated heterocycles. The standard InChI is InChI=1S/C20H26N6O3/c1-2-19(27)25-16-5-3-15(4-6-16)20(28)22-8-7-21-17-13-18(24-14-23-17)26-9-11-29-12-10-26/h3-6,13-14H,2,7-12H2,1H3,(H,22,28)(H,25,27)(H,21,23,24). The van der Waals surface area contributed by atoms with Crippen LogP contribution in [-0.2, 0) is 9.53 Å². The Hall–Kier alpha value is -3.20. The van der Waals surface area contributed by atoms with Gasteiger partial charge in [-0.25, -0.2) is 9.97 Å². The number of nitrogens with one attached hydrogen (secondary N) is 3. The van der Waals surface area contributed by atoms with Crippen molar-refractivity contribution in [3.05, 3.63) is 42.2 Å². The van der Waals surface area contributed by atoms with Gasteiger partial charge in [0.1, 0.15) is 18.0 Å². The lowest BCUT2D eigenvalue weighted by atomic mass is 10.2. The van der Waals surface area contributed by atoms with Crippen molar-refractivity contribution in [1.82, 2.24) is 15.3 Å². The lowest BCUT2D eigenvalue weighted by molar-refractivity contribution is -0.115. The van der Waals surface area contributed by atoms with Gasteiger partial charge in [-0.2, -0.15) is 0 Å². The van der Waals surface area contributed by atoms with Crippen molar-refractivity contribution in [2.24, 2.45) is 0 Å². The first-order valence-electron chi connectivity index (χ1n) is 9.72. The maximum absolute atomic E-state index is 12.2. The molecule has 29 heavy (non-hydrogen) atoms. The van der Waals surface area contributed by atoms with E-state index in [1.165, 1.54) is 6.33 Å². The Labute approximate surface area is 169 Å². The third-order valence-electron chi connectivity index (χ3n) is 4.46. The SMILES string of the molecule is CCC(=O)Nc1ccc(C(=O)NCCNc2cc(N3CCOCC3)ncn2)cc1. The topological polar surface area (TPSA) is 108 Å². The molecule has 0 spiro atoms. The highest BCUT2D eigenvalue weighted by atomic mass is 16.5. The molecule has 1 aromatic carbocycles. The van der Waals surface area contributed by atoms with Crippen LogP contribution < -0.4 is 20.9 Å². The smallest absolute Gasteiger partial charge is 0.251 e. The lowest BCUT2D eigenvalue weighted by Gasteiger charge is -2.27. The molecule has 0 unspecified atom stereocenters. The number of rotatable bonds is 8. The van der Waals surface area contributed by atoms with E-state index in [-0.39, 0.29) is 11.8 Å². The lowest BCUT2D eigenvalue weighted by Crippen LogP contribution is -2.36. The molecule has 1 aliphatic heterocycles. The molecule has 2 heterocycles. The molecule has 0 bridgehead atoms. The second-order valence-corrected chi connectivity index (χ2v) is 6.52. The summed E-state index contributed by atoms with van der Waals surface area (Å²) < 4.78 is 5.36. The van der Waals surface area contributed by atoms with Crippen LogP contribution in [0.15, 0.2) is 36.7 Å². The van der Waals surface area contributed by atoms with E-state index < -0.39 is 0 Å². The van der Waals surface area contributed by atoms with Gasteiger partial charge in [0.05, 0.1) is 13.2 Å². The highest BCUT2D eigenvalue weighted by Crippen LogP contribution is 2.15. The van der Waals surface area contributed by atoms with Crippen molar-refractivity contribution in [2.45, 2.75) is 13.3 Å². The van der Waals surface area contributed by atoms with E-state index in [0.717, 1.165) is 18.9 Å². The summed E-state index contributed by atoms with van der Waals surface area (Å²) in [6.45, 7) is 5.80. The van der Waals surface area contributed by atoms with Gasteiger partial charge < -0.3 is 25.6 Å². The van der Waals surface area contributed by atoms with Crippen molar-refractivity contribution in [2.75, 3.05) is 54.9 Å². The largest absolute Gasteiger partial charge is 0.378 e. The van der Waals surface area contributed by atoms with Crippen LogP contribution in [0.3, 0.4) is 0 Å². The first kappa shape index (κ1) is 20.5. The van der Waals surface area contributed by atoms with Crippen molar-refractivity contribution in [1.29, 1.82) is 0 Å². The van der Waals surface area contributed by atoms with E-state index in [1.807, 2.05) is 6.07 Å². The molecule has 3 rings (SSSR count). The van der Waals surface area contributed by atoms with Gasteiger partial charge in [0.2, 0.25) is 5.91 Å². The van der Waals surface area contributed by atoms with E-state index in [4.69, 9.17) is 4.74 Å². The summed E-state index contributed by atoms with van der Waals surface area (Å²) >= 11 is 0. The molecule has 2 amide bonds. The normalized spacial score (nSPS) is 13.6.